The van der Waals surface area contributed by atoms with Gasteiger partial charge >= 0.3 is 5.97 Å². The van der Waals surface area contributed by atoms with Crippen LogP contribution in [0.15, 0.2) is 83.3 Å². The van der Waals surface area contributed by atoms with Crippen LogP contribution in [0, 0.1) is 5.82 Å². The van der Waals surface area contributed by atoms with Gasteiger partial charge in [0.2, 0.25) is 12.0 Å². The van der Waals surface area contributed by atoms with E-state index in [4.69, 9.17) is 19.6 Å². The van der Waals surface area contributed by atoms with Gasteiger partial charge in [-0.15, -0.1) is 11.3 Å². The van der Waals surface area contributed by atoms with Gasteiger partial charge in [0.1, 0.15) is 23.9 Å². The number of carbonyl (C=O) groups is 1. The van der Waals surface area contributed by atoms with Crippen LogP contribution in [0.4, 0.5) is 10.1 Å². The third-order valence-electron chi connectivity index (χ3n) is 4.54. The molecule has 162 valence electrons. The molecule has 32 heavy (non-hydrogen) atoms. The van der Waals surface area contributed by atoms with Crippen molar-refractivity contribution in [1.29, 1.82) is 0 Å². The number of nitrogens with two attached hydrogens (primary N) is 1. The zero-order valence-corrected chi connectivity index (χ0v) is 17.7. The standard InChI is InChI=1S/C24H19FN2O4S/c1-2-11-30-24(28)22(15-7-9-16(25)10-8-15)31-23-21(26)17(19-5-3-12-29-19)14-18(27-23)20-6-4-13-32-20/h2-10,12-14,22H,1,11,26H2. The van der Waals surface area contributed by atoms with Crippen molar-refractivity contribution in [3.63, 3.8) is 0 Å². The van der Waals surface area contributed by atoms with Crippen molar-refractivity contribution in [3.8, 4) is 27.8 Å². The van der Waals surface area contributed by atoms with Gasteiger partial charge in [-0.25, -0.2) is 14.2 Å². The molecule has 0 spiro atoms. The predicted molar refractivity (Wildman–Crippen MR) is 121 cm³/mol. The molecule has 4 aromatic rings. The van der Waals surface area contributed by atoms with Crippen LogP contribution in [0.5, 0.6) is 5.88 Å². The lowest BCUT2D eigenvalue weighted by atomic mass is 10.1. The highest BCUT2D eigenvalue weighted by molar-refractivity contribution is 7.13. The topological polar surface area (TPSA) is 87.6 Å². The fourth-order valence-corrected chi connectivity index (χ4v) is 3.71. The minimum Gasteiger partial charge on any atom is -0.464 e. The van der Waals surface area contributed by atoms with E-state index in [9.17, 15) is 9.18 Å². The van der Waals surface area contributed by atoms with E-state index in [-0.39, 0.29) is 18.2 Å². The van der Waals surface area contributed by atoms with E-state index in [0.29, 0.717) is 22.6 Å². The second-order valence-electron chi connectivity index (χ2n) is 6.70. The second kappa shape index (κ2) is 9.49. The number of halogens is 1. The van der Waals surface area contributed by atoms with Crippen LogP contribution in [0.3, 0.4) is 0 Å². The van der Waals surface area contributed by atoms with Gasteiger partial charge in [-0.05, 0) is 41.8 Å². The molecule has 1 atom stereocenters. The molecule has 1 aromatic carbocycles. The van der Waals surface area contributed by atoms with Crippen molar-refractivity contribution >= 4 is 23.0 Å². The molecule has 0 aliphatic rings. The third kappa shape index (κ3) is 4.55. The second-order valence-corrected chi connectivity index (χ2v) is 7.64. The number of pyridine rings is 1. The van der Waals surface area contributed by atoms with Crippen molar-refractivity contribution < 1.29 is 23.1 Å². The van der Waals surface area contributed by atoms with Gasteiger partial charge in [-0.2, -0.15) is 0 Å². The van der Waals surface area contributed by atoms with Crippen molar-refractivity contribution in [3.05, 3.63) is 90.3 Å². The Bertz CT molecular complexity index is 1210. The summed E-state index contributed by atoms with van der Waals surface area (Å²) < 4.78 is 30.2. The molecule has 0 radical (unpaired) electrons. The van der Waals surface area contributed by atoms with Crippen LogP contribution in [0.2, 0.25) is 0 Å². The van der Waals surface area contributed by atoms with Gasteiger partial charge < -0.3 is 19.6 Å². The number of nitrogen functional groups attached to an aromatic ring is 1. The number of furan rings is 1. The van der Waals surface area contributed by atoms with Crippen molar-refractivity contribution in [2.45, 2.75) is 6.10 Å². The number of carbonyl (C=O) groups excluding carboxylic acids is 1. The lowest BCUT2D eigenvalue weighted by Crippen LogP contribution is -2.22. The zero-order valence-electron chi connectivity index (χ0n) is 16.9. The lowest BCUT2D eigenvalue weighted by Gasteiger charge is -2.20. The Hall–Kier alpha value is -3.91. The summed E-state index contributed by atoms with van der Waals surface area (Å²) in [5, 5.41) is 1.93. The summed E-state index contributed by atoms with van der Waals surface area (Å²) >= 11 is 1.50. The highest BCUT2D eigenvalue weighted by Gasteiger charge is 2.27. The maximum Gasteiger partial charge on any atom is 0.352 e. The maximum atomic E-state index is 13.5. The smallest absolute Gasteiger partial charge is 0.352 e. The van der Waals surface area contributed by atoms with Crippen LogP contribution in [0.25, 0.3) is 21.9 Å². The number of benzene rings is 1. The molecule has 0 bridgehead atoms. The number of anilines is 1. The monoisotopic (exact) mass is 450 g/mol. The first-order valence-electron chi connectivity index (χ1n) is 9.64. The van der Waals surface area contributed by atoms with Crippen LogP contribution >= 0.6 is 11.3 Å². The molecule has 8 heteroatoms. The molecule has 3 aromatic heterocycles. The van der Waals surface area contributed by atoms with E-state index in [0.717, 1.165) is 4.88 Å². The SMILES string of the molecule is C=CCOC(=O)C(Oc1nc(-c2cccs2)cc(-c2ccco2)c1N)c1ccc(F)cc1. The molecule has 1 unspecified atom stereocenters. The fourth-order valence-electron chi connectivity index (χ4n) is 3.03. The van der Waals surface area contributed by atoms with E-state index in [1.54, 1.807) is 18.2 Å². The van der Waals surface area contributed by atoms with E-state index in [2.05, 4.69) is 11.6 Å². The molecule has 3 heterocycles. The van der Waals surface area contributed by atoms with Gasteiger partial charge in [0, 0.05) is 11.1 Å². The van der Waals surface area contributed by atoms with Crippen LogP contribution in [0.1, 0.15) is 11.7 Å². The lowest BCUT2D eigenvalue weighted by molar-refractivity contribution is -0.151. The average Bonchev–Trinajstić information content (AvgIpc) is 3.52. The Morgan fingerprint density at radius 3 is 2.72 bits per heavy atom. The minimum atomic E-state index is -1.21. The van der Waals surface area contributed by atoms with Crippen LogP contribution in [-0.2, 0) is 9.53 Å². The van der Waals surface area contributed by atoms with Gasteiger partial charge in [0.25, 0.3) is 0 Å². The molecule has 0 saturated heterocycles. The summed E-state index contributed by atoms with van der Waals surface area (Å²) in [5.74, 6) is -0.560. The number of hydrogen-bond donors (Lipinski definition) is 1. The predicted octanol–water partition coefficient (Wildman–Crippen LogP) is 5.64. The Labute approximate surface area is 187 Å². The summed E-state index contributed by atoms with van der Waals surface area (Å²) in [5.41, 5.74) is 8.14. The summed E-state index contributed by atoms with van der Waals surface area (Å²) in [6.45, 7) is 3.54. The molecule has 0 aliphatic carbocycles. The molecule has 4 rings (SSSR count). The Kier molecular flexibility index (Phi) is 6.32. The van der Waals surface area contributed by atoms with E-state index in [1.807, 2.05) is 17.5 Å². The highest BCUT2D eigenvalue weighted by Crippen LogP contribution is 2.39. The van der Waals surface area contributed by atoms with E-state index in [1.165, 1.54) is 47.9 Å². The number of esters is 1. The van der Waals surface area contributed by atoms with Crippen molar-refractivity contribution in [2.24, 2.45) is 0 Å². The Morgan fingerprint density at radius 1 is 1.25 bits per heavy atom. The molecule has 0 aliphatic heterocycles. The molecule has 0 saturated carbocycles. The van der Waals surface area contributed by atoms with Crippen molar-refractivity contribution in [1.82, 2.24) is 4.98 Å². The number of hydrogen-bond acceptors (Lipinski definition) is 7. The largest absolute Gasteiger partial charge is 0.464 e. The highest BCUT2D eigenvalue weighted by atomic mass is 32.1. The van der Waals surface area contributed by atoms with Gasteiger partial charge in [-0.3, -0.25) is 0 Å². The summed E-state index contributed by atoms with van der Waals surface area (Å²) in [4.78, 5) is 18.2. The number of nitrogens with zero attached hydrogens (tertiary/aromatic N) is 1. The summed E-state index contributed by atoms with van der Waals surface area (Å²) in [6, 6.07) is 14.5. The van der Waals surface area contributed by atoms with Crippen LogP contribution < -0.4 is 10.5 Å². The number of aromatic nitrogens is 1. The number of ether oxygens (including phenoxy) is 2. The van der Waals surface area contributed by atoms with Crippen LogP contribution in [-0.4, -0.2) is 17.6 Å². The average molecular weight is 450 g/mol. The molecule has 0 fully saturated rings. The van der Waals surface area contributed by atoms with E-state index >= 15 is 0 Å². The maximum absolute atomic E-state index is 13.5. The molecule has 6 nitrogen and oxygen atoms in total. The van der Waals surface area contributed by atoms with Gasteiger partial charge in [0.05, 0.1) is 16.8 Å². The Morgan fingerprint density at radius 2 is 2.06 bits per heavy atom. The zero-order chi connectivity index (χ0) is 22.5. The fraction of sp³-hybridized carbons (Fsp3) is 0.0833. The first-order chi connectivity index (χ1) is 15.6. The molecular weight excluding hydrogens is 431 g/mol. The first kappa shape index (κ1) is 21.3. The molecule has 2 N–H and O–H groups in total. The molecule has 0 amide bonds. The number of thiophene rings is 1. The molecular formula is C24H19FN2O4S. The van der Waals surface area contributed by atoms with E-state index < -0.39 is 17.9 Å². The normalized spacial score (nSPS) is 11.7. The third-order valence-corrected chi connectivity index (χ3v) is 5.44. The van der Waals surface area contributed by atoms with Gasteiger partial charge in [-0.1, -0.05) is 30.9 Å². The summed E-state index contributed by atoms with van der Waals surface area (Å²) in [7, 11) is 0. The number of rotatable bonds is 8. The quantitative estimate of drug-likeness (QED) is 0.276. The summed E-state index contributed by atoms with van der Waals surface area (Å²) in [6.07, 6.45) is 1.76. The Balaban J connectivity index is 1.79. The minimum absolute atomic E-state index is 0.00429. The van der Waals surface area contributed by atoms with Gasteiger partial charge in [0.15, 0.2) is 0 Å². The first-order valence-corrected chi connectivity index (χ1v) is 10.5. The van der Waals surface area contributed by atoms with Crippen molar-refractivity contribution in [2.75, 3.05) is 12.3 Å².